The summed E-state index contributed by atoms with van der Waals surface area (Å²) in [6.45, 7) is 7.71. The maximum absolute atomic E-state index is 11.7. The van der Waals surface area contributed by atoms with Crippen molar-refractivity contribution in [1.82, 2.24) is 19.9 Å². The molecule has 0 radical (unpaired) electrons. The molecule has 3 heterocycles. The largest absolute Gasteiger partial charge is 0.497 e. The van der Waals surface area contributed by atoms with Gasteiger partial charge in [0.1, 0.15) is 35.4 Å². The van der Waals surface area contributed by atoms with Crippen molar-refractivity contribution >= 4 is 22.8 Å². The van der Waals surface area contributed by atoms with Gasteiger partial charge in [0.25, 0.3) is 0 Å². The smallest absolute Gasteiger partial charge is 0.305 e. The number of carbonyl (C=O) groups is 1. The first-order chi connectivity index (χ1) is 21.3. The van der Waals surface area contributed by atoms with Crippen LogP contribution in [-0.4, -0.2) is 71.9 Å². The number of aromatic nitrogens is 3. The van der Waals surface area contributed by atoms with E-state index in [2.05, 4.69) is 32.4 Å². The summed E-state index contributed by atoms with van der Waals surface area (Å²) in [7, 11) is 3.30. The molecule has 2 aliphatic carbocycles. The van der Waals surface area contributed by atoms with Gasteiger partial charge < -0.3 is 38.9 Å². The van der Waals surface area contributed by atoms with Crippen LogP contribution >= 0.6 is 0 Å². The Labute approximate surface area is 259 Å². The Kier molecular flexibility index (Phi) is 8.98. The topological polar surface area (TPSA) is 118 Å². The molecule has 4 atom stereocenters. The lowest BCUT2D eigenvalue weighted by molar-refractivity contribution is -0.160. The standard InChI is InChI=1S/C33H45N5O6/c1-6-42-28(39)10-7-20-13-23(14-20)34-18-22-15-26(30-29(22)43-33(2,3)44-30)38-12-11-25-31(36-19-37-32(25)38)35-17-21-8-9-24(40-4)16-27(21)41-5/h8-9,11-12,16,19-20,22-23,26,29-30,34H,6-7,10,13-15,17-18H2,1-5H3,(H,35,36,37)/t20?,22-,23?,26-,29-,30+/m1/s1. The maximum Gasteiger partial charge on any atom is 0.305 e. The third kappa shape index (κ3) is 6.36. The van der Waals surface area contributed by atoms with Crippen LogP contribution < -0.4 is 20.1 Å². The van der Waals surface area contributed by atoms with Crippen molar-refractivity contribution in [2.75, 3.05) is 32.7 Å². The van der Waals surface area contributed by atoms with Gasteiger partial charge in [-0.25, -0.2) is 9.97 Å². The third-order valence-electron chi connectivity index (χ3n) is 9.33. The van der Waals surface area contributed by atoms with Crippen molar-refractivity contribution in [3.8, 4) is 11.5 Å². The van der Waals surface area contributed by atoms with E-state index in [4.69, 9.17) is 28.7 Å². The van der Waals surface area contributed by atoms with Gasteiger partial charge in [0.15, 0.2) is 5.79 Å². The highest BCUT2D eigenvalue weighted by atomic mass is 16.8. The highest BCUT2D eigenvalue weighted by Crippen LogP contribution is 2.48. The van der Waals surface area contributed by atoms with Gasteiger partial charge in [0, 0.05) is 49.3 Å². The number of carbonyl (C=O) groups excluding carboxylic acids is 1. The lowest BCUT2D eigenvalue weighted by Gasteiger charge is -2.37. The number of hydrogen-bond donors (Lipinski definition) is 2. The number of methoxy groups -OCH3 is 2. The second-order valence-electron chi connectivity index (χ2n) is 12.6. The van der Waals surface area contributed by atoms with Gasteiger partial charge in [-0.1, -0.05) is 0 Å². The van der Waals surface area contributed by atoms with Crippen LogP contribution in [0.25, 0.3) is 11.0 Å². The van der Waals surface area contributed by atoms with E-state index in [0.29, 0.717) is 37.5 Å². The molecule has 1 aromatic carbocycles. The predicted molar refractivity (Wildman–Crippen MR) is 166 cm³/mol. The van der Waals surface area contributed by atoms with E-state index in [-0.39, 0.29) is 24.2 Å². The van der Waals surface area contributed by atoms with Crippen LogP contribution in [0.2, 0.25) is 0 Å². The van der Waals surface area contributed by atoms with Crippen LogP contribution in [0.5, 0.6) is 11.5 Å². The lowest BCUT2D eigenvalue weighted by atomic mass is 9.77. The Bertz CT molecular complexity index is 1450. The molecule has 44 heavy (non-hydrogen) atoms. The fraction of sp³-hybridized carbons (Fsp3) is 0.606. The number of esters is 1. The van der Waals surface area contributed by atoms with Gasteiger partial charge in [-0.05, 0) is 70.6 Å². The molecule has 3 fully saturated rings. The highest BCUT2D eigenvalue weighted by molar-refractivity contribution is 5.87. The first kappa shape index (κ1) is 30.6. The van der Waals surface area contributed by atoms with Crippen molar-refractivity contribution in [1.29, 1.82) is 0 Å². The minimum atomic E-state index is -0.636. The van der Waals surface area contributed by atoms with Crippen LogP contribution in [0.3, 0.4) is 0 Å². The van der Waals surface area contributed by atoms with Crippen LogP contribution in [0.1, 0.15) is 64.5 Å². The maximum atomic E-state index is 11.7. The predicted octanol–water partition coefficient (Wildman–Crippen LogP) is 4.85. The molecule has 0 bridgehead atoms. The third-order valence-corrected chi connectivity index (χ3v) is 9.33. The van der Waals surface area contributed by atoms with Crippen molar-refractivity contribution < 1.29 is 28.5 Å². The summed E-state index contributed by atoms with van der Waals surface area (Å²) in [4.78, 5) is 21.0. The summed E-state index contributed by atoms with van der Waals surface area (Å²) in [6.07, 6.45) is 8.20. The number of hydrogen-bond acceptors (Lipinski definition) is 10. The molecule has 11 heteroatoms. The number of fused-ring (bicyclic) bond motifs is 2. The van der Waals surface area contributed by atoms with Crippen LogP contribution in [0.15, 0.2) is 36.8 Å². The van der Waals surface area contributed by atoms with Crippen LogP contribution in [-0.2, 0) is 25.5 Å². The molecular formula is C33H45N5O6. The minimum Gasteiger partial charge on any atom is -0.497 e. The Morgan fingerprint density at radius 2 is 1.91 bits per heavy atom. The fourth-order valence-electron chi connectivity index (χ4n) is 7.10. The van der Waals surface area contributed by atoms with E-state index in [1.807, 2.05) is 39.0 Å². The monoisotopic (exact) mass is 607 g/mol. The van der Waals surface area contributed by atoms with E-state index in [9.17, 15) is 4.79 Å². The molecule has 1 saturated heterocycles. The first-order valence-electron chi connectivity index (χ1n) is 15.8. The molecule has 1 aliphatic heterocycles. The van der Waals surface area contributed by atoms with Gasteiger partial charge in [-0.3, -0.25) is 4.79 Å². The zero-order valence-corrected chi connectivity index (χ0v) is 26.4. The second kappa shape index (κ2) is 12.9. The Morgan fingerprint density at radius 3 is 2.68 bits per heavy atom. The second-order valence-corrected chi connectivity index (χ2v) is 12.6. The molecule has 6 rings (SSSR count). The molecule has 3 aromatic rings. The van der Waals surface area contributed by atoms with E-state index >= 15 is 0 Å². The molecule has 3 aliphatic rings. The quantitative estimate of drug-likeness (QED) is 0.261. The molecular weight excluding hydrogens is 562 g/mol. The summed E-state index contributed by atoms with van der Waals surface area (Å²) in [5.74, 6) is 2.45. The van der Waals surface area contributed by atoms with Crippen molar-refractivity contribution in [2.45, 2.75) is 89.5 Å². The van der Waals surface area contributed by atoms with Crippen LogP contribution in [0.4, 0.5) is 5.82 Å². The summed E-state index contributed by atoms with van der Waals surface area (Å²) in [6, 6.07) is 8.45. The Balaban J connectivity index is 1.11. The summed E-state index contributed by atoms with van der Waals surface area (Å²) in [5, 5.41) is 8.23. The molecule has 2 aromatic heterocycles. The average Bonchev–Trinajstić information content (AvgIpc) is 3.66. The van der Waals surface area contributed by atoms with Gasteiger partial charge in [-0.2, -0.15) is 0 Å². The van der Waals surface area contributed by atoms with Crippen LogP contribution in [0, 0.1) is 11.8 Å². The van der Waals surface area contributed by atoms with E-state index in [1.165, 1.54) is 0 Å². The summed E-state index contributed by atoms with van der Waals surface area (Å²) in [5.41, 5.74) is 1.88. The van der Waals surface area contributed by atoms with E-state index in [0.717, 1.165) is 66.1 Å². The summed E-state index contributed by atoms with van der Waals surface area (Å²) >= 11 is 0. The summed E-state index contributed by atoms with van der Waals surface area (Å²) < 4.78 is 31.2. The number of benzene rings is 1. The number of nitrogens with one attached hydrogen (secondary N) is 2. The molecule has 238 valence electrons. The SMILES string of the molecule is CCOC(=O)CCC1CC(NC[C@H]2C[C@@H](n3ccc4c(NCc5ccc(OC)cc5OC)ncnc43)[C@@H]3OC(C)(C)O[C@H]23)C1. The molecule has 0 spiro atoms. The Hall–Kier alpha value is -3.41. The number of ether oxygens (including phenoxy) is 5. The van der Waals surface area contributed by atoms with Gasteiger partial charge >= 0.3 is 5.97 Å². The zero-order valence-electron chi connectivity index (χ0n) is 26.4. The molecule has 0 unspecified atom stereocenters. The lowest BCUT2D eigenvalue weighted by Crippen LogP contribution is -2.44. The van der Waals surface area contributed by atoms with E-state index in [1.54, 1.807) is 20.5 Å². The first-order valence-corrected chi connectivity index (χ1v) is 15.8. The molecule has 2 saturated carbocycles. The molecule has 11 nitrogen and oxygen atoms in total. The fourth-order valence-corrected chi connectivity index (χ4v) is 7.10. The van der Waals surface area contributed by atoms with Crippen molar-refractivity contribution in [2.24, 2.45) is 11.8 Å². The van der Waals surface area contributed by atoms with Crippen molar-refractivity contribution in [3.63, 3.8) is 0 Å². The normalized spacial score (nSPS) is 27.1. The number of nitrogens with zero attached hydrogens (tertiary/aromatic N) is 3. The molecule has 0 amide bonds. The highest BCUT2D eigenvalue weighted by Gasteiger charge is 2.54. The van der Waals surface area contributed by atoms with Crippen molar-refractivity contribution in [3.05, 3.63) is 42.4 Å². The average molecular weight is 608 g/mol. The molecule has 2 N–H and O–H groups in total. The van der Waals surface area contributed by atoms with Gasteiger partial charge in [0.2, 0.25) is 0 Å². The Morgan fingerprint density at radius 1 is 1.09 bits per heavy atom. The minimum absolute atomic E-state index is 0.00149. The van der Waals surface area contributed by atoms with E-state index < -0.39 is 5.79 Å². The van der Waals surface area contributed by atoms with Gasteiger partial charge in [0.05, 0.1) is 38.4 Å². The number of rotatable bonds is 13. The zero-order chi connectivity index (χ0) is 30.8. The number of anilines is 1. The van der Waals surface area contributed by atoms with Gasteiger partial charge in [-0.15, -0.1) is 0 Å².